The lowest BCUT2D eigenvalue weighted by atomic mass is 10.2. The van der Waals surface area contributed by atoms with E-state index in [1.54, 1.807) is 12.1 Å². The number of halogens is 1. The van der Waals surface area contributed by atoms with Crippen LogP contribution in [-0.4, -0.2) is 45.0 Å². The summed E-state index contributed by atoms with van der Waals surface area (Å²) in [5.74, 6) is 0.454. The van der Waals surface area contributed by atoms with Crippen molar-refractivity contribution in [2.24, 2.45) is 0 Å². The number of rotatable bonds is 5. The quantitative estimate of drug-likeness (QED) is 0.668. The van der Waals surface area contributed by atoms with Crippen molar-refractivity contribution in [2.45, 2.75) is 24.3 Å². The maximum Gasteiger partial charge on any atom is 0.338 e. The van der Waals surface area contributed by atoms with Crippen molar-refractivity contribution in [2.75, 3.05) is 26.3 Å². The average molecular weight is 438 g/mol. The van der Waals surface area contributed by atoms with Crippen LogP contribution in [0.4, 0.5) is 0 Å². The Morgan fingerprint density at radius 3 is 2.48 bits per heavy atom. The van der Waals surface area contributed by atoms with E-state index < -0.39 is 16.0 Å². The molecule has 1 fully saturated rings. The summed E-state index contributed by atoms with van der Waals surface area (Å²) in [7, 11) is -3.51. The summed E-state index contributed by atoms with van der Waals surface area (Å²) in [5, 5.41) is 0.393. The summed E-state index contributed by atoms with van der Waals surface area (Å²) in [6, 6.07) is 9.17. The van der Waals surface area contributed by atoms with Gasteiger partial charge in [0.15, 0.2) is 11.5 Å². The Morgan fingerprint density at radius 2 is 1.76 bits per heavy atom. The zero-order chi connectivity index (χ0) is 20.4. The second-order valence-electron chi connectivity index (χ2n) is 6.81. The van der Waals surface area contributed by atoms with Gasteiger partial charge in [0.2, 0.25) is 10.0 Å². The van der Waals surface area contributed by atoms with E-state index in [1.807, 2.05) is 0 Å². The summed E-state index contributed by atoms with van der Waals surface area (Å²) in [6.45, 7) is 1.93. The zero-order valence-electron chi connectivity index (χ0n) is 15.6. The van der Waals surface area contributed by atoms with Crippen LogP contribution in [-0.2, 0) is 21.4 Å². The van der Waals surface area contributed by atoms with Crippen molar-refractivity contribution in [1.29, 1.82) is 0 Å². The monoisotopic (exact) mass is 437 g/mol. The Morgan fingerprint density at radius 1 is 1.07 bits per heavy atom. The molecule has 29 heavy (non-hydrogen) atoms. The van der Waals surface area contributed by atoms with Crippen LogP contribution in [0, 0.1) is 0 Å². The summed E-state index contributed by atoms with van der Waals surface area (Å²) in [5.41, 5.74) is 0.940. The molecule has 0 bridgehead atoms. The molecular formula is C20H20ClNO6S. The lowest BCUT2D eigenvalue weighted by Gasteiger charge is -2.20. The number of benzene rings is 2. The fourth-order valence-electron chi connectivity index (χ4n) is 3.32. The van der Waals surface area contributed by atoms with Gasteiger partial charge in [-0.05, 0) is 54.8 Å². The van der Waals surface area contributed by atoms with Crippen molar-refractivity contribution >= 4 is 27.6 Å². The van der Waals surface area contributed by atoms with Gasteiger partial charge in [-0.1, -0.05) is 11.6 Å². The molecule has 7 nitrogen and oxygen atoms in total. The standard InChI is InChI=1S/C20H20ClNO6S/c21-17-11-14(12-18-19(17)27-10-9-26-18)13-28-20(23)15-3-5-16(6-4-15)29(24,25)22-7-1-2-8-22/h3-6,11-12H,1-2,7-10,13H2. The van der Waals surface area contributed by atoms with E-state index in [-0.39, 0.29) is 17.1 Å². The van der Waals surface area contributed by atoms with Gasteiger partial charge < -0.3 is 14.2 Å². The molecule has 0 aromatic heterocycles. The fraction of sp³-hybridized carbons (Fsp3) is 0.350. The number of carbonyl (C=O) groups excluding carboxylic acids is 1. The van der Waals surface area contributed by atoms with E-state index in [2.05, 4.69) is 0 Å². The first-order chi connectivity index (χ1) is 13.9. The minimum atomic E-state index is -3.51. The van der Waals surface area contributed by atoms with Gasteiger partial charge in [0.05, 0.1) is 15.5 Å². The molecule has 2 aliphatic heterocycles. The van der Waals surface area contributed by atoms with E-state index in [4.69, 9.17) is 25.8 Å². The SMILES string of the molecule is O=C(OCc1cc(Cl)c2c(c1)OCCO2)c1ccc(S(=O)(=O)N2CCCC2)cc1. The van der Waals surface area contributed by atoms with Crippen LogP contribution in [0.15, 0.2) is 41.3 Å². The van der Waals surface area contributed by atoms with Gasteiger partial charge in [0.25, 0.3) is 0 Å². The Bertz CT molecular complexity index is 1020. The molecule has 0 N–H and O–H groups in total. The third kappa shape index (κ3) is 4.19. The average Bonchev–Trinajstić information content (AvgIpc) is 3.28. The molecule has 0 spiro atoms. The van der Waals surface area contributed by atoms with Crippen molar-refractivity contribution < 1.29 is 27.4 Å². The third-order valence-corrected chi connectivity index (χ3v) is 7.01. The highest BCUT2D eigenvalue weighted by Crippen LogP contribution is 2.38. The van der Waals surface area contributed by atoms with Crippen LogP contribution in [0.2, 0.25) is 5.02 Å². The highest BCUT2D eigenvalue weighted by Gasteiger charge is 2.27. The first-order valence-corrected chi connectivity index (χ1v) is 11.1. The number of fused-ring (bicyclic) bond motifs is 1. The van der Waals surface area contributed by atoms with Crippen molar-refractivity contribution in [1.82, 2.24) is 4.31 Å². The molecule has 2 aliphatic rings. The Labute approximate surface area is 174 Å². The number of ether oxygens (including phenoxy) is 3. The number of carbonyl (C=O) groups is 1. The minimum Gasteiger partial charge on any atom is -0.486 e. The summed E-state index contributed by atoms with van der Waals surface area (Å²) in [6.07, 6.45) is 1.74. The zero-order valence-corrected chi connectivity index (χ0v) is 17.2. The number of hydrogen-bond donors (Lipinski definition) is 0. The molecule has 0 aliphatic carbocycles. The molecule has 2 heterocycles. The Kier molecular flexibility index (Phi) is 5.67. The van der Waals surface area contributed by atoms with Gasteiger partial charge in [0, 0.05) is 13.1 Å². The highest BCUT2D eigenvalue weighted by molar-refractivity contribution is 7.89. The van der Waals surface area contributed by atoms with Gasteiger partial charge in [-0.15, -0.1) is 0 Å². The molecule has 154 valence electrons. The number of nitrogens with zero attached hydrogens (tertiary/aromatic N) is 1. The van der Waals surface area contributed by atoms with Crippen molar-refractivity contribution in [3.63, 3.8) is 0 Å². The van der Waals surface area contributed by atoms with E-state index >= 15 is 0 Å². The molecule has 0 amide bonds. The van der Waals surface area contributed by atoms with Crippen molar-refractivity contribution in [3.05, 3.63) is 52.5 Å². The molecule has 1 saturated heterocycles. The lowest BCUT2D eigenvalue weighted by Crippen LogP contribution is -2.27. The van der Waals surface area contributed by atoms with Crippen LogP contribution in [0.3, 0.4) is 0 Å². The second kappa shape index (κ2) is 8.22. The molecule has 0 saturated carbocycles. The second-order valence-corrected chi connectivity index (χ2v) is 9.16. The van der Waals surface area contributed by atoms with Crippen LogP contribution < -0.4 is 9.47 Å². The Balaban J connectivity index is 1.42. The molecule has 0 radical (unpaired) electrons. The summed E-state index contributed by atoms with van der Waals surface area (Å²) in [4.78, 5) is 12.5. The molecule has 4 rings (SSSR count). The van der Waals surface area contributed by atoms with Crippen molar-refractivity contribution in [3.8, 4) is 11.5 Å². The predicted molar refractivity (Wildman–Crippen MR) is 106 cm³/mol. The van der Waals surface area contributed by atoms with Gasteiger partial charge >= 0.3 is 5.97 Å². The molecule has 0 unspecified atom stereocenters. The number of hydrogen-bond acceptors (Lipinski definition) is 6. The van der Waals surface area contributed by atoms with Gasteiger partial charge in [-0.3, -0.25) is 0 Å². The van der Waals surface area contributed by atoms with Crippen LogP contribution >= 0.6 is 11.6 Å². The normalized spacial score (nSPS) is 16.6. The largest absolute Gasteiger partial charge is 0.486 e. The maximum absolute atomic E-state index is 12.6. The van der Waals surface area contributed by atoms with Crippen LogP contribution in [0.1, 0.15) is 28.8 Å². The molecule has 2 aromatic rings. The molecule has 2 aromatic carbocycles. The number of esters is 1. The molecule has 9 heteroatoms. The smallest absolute Gasteiger partial charge is 0.338 e. The minimum absolute atomic E-state index is 0.00300. The van der Waals surface area contributed by atoms with E-state index in [1.165, 1.54) is 28.6 Å². The van der Waals surface area contributed by atoms with E-state index in [0.29, 0.717) is 48.4 Å². The summed E-state index contributed by atoms with van der Waals surface area (Å²) >= 11 is 6.19. The summed E-state index contributed by atoms with van der Waals surface area (Å²) < 4.78 is 42.9. The van der Waals surface area contributed by atoms with E-state index in [0.717, 1.165) is 12.8 Å². The van der Waals surface area contributed by atoms with Gasteiger partial charge in [-0.2, -0.15) is 4.31 Å². The first kappa shape index (κ1) is 20.0. The molecule has 0 atom stereocenters. The topological polar surface area (TPSA) is 82.1 Å². The number of sulfonamides is 1. The first-order valence-electron chi connectivity index (χ1n) is 9.30. The maximum atomic E-state index is 12.6. The predicted octanol–water partition coefficient (Wildman–Crippen LogP) is 3.25. The van der Waals surface area contributed by atoms with Gasteiger partial charge in [0.1, 0.15) is 19.8 Å². The van der Waals surface area contributed by atoms with Crippen LogP contribution in [0.5, 0.6) is 11.5 Å². The Hall–Kier alpha value is -2.29. The highest BCUT2D eigenvalue weighted by atomic mass is 35.5. The molecular weight excluding hydrogens is 418 g/mol. The van der Waals surface area contributed by atoms with E-state index in [9.17, 15) is 13.2 Å². The lowest BCUT2D eigenvalue weighted by molar-refractivity contribution is 0.0472. The fourth-order valence-corrected chi connectivity index (χ4v) is 5.13. The van der Waals surface area contributed by atoms with Gasteiger partial charge in [-0.25, -0.2) is 13.2 Å². The van der Waals surface area contributed by atoms with Crippen LogP contribution in [0.25, 0.3) is 0 Å². The third-order valence-electron chi connectivity index (χ3n) is 4.82.